The monoisotopic (exact) mass is 351 g/mol. The van der Waals surface area contributed by atoms with Crippen LogP contribution >= 0.6 is 0 Å². The Morgan fingerprint density at radius 2 is 1.96 bits per heavy atom. The van der Waals surface area contributed by atoms with Crippen molar-refractivity contribution >= 4 is 22.6 Å². The smallest absolute Gasteiger partial charge is 0.308 e. The molecule has 26 heavy (non-hydrogen) atoms. The Morgan fingerprint density at radius 1 is 1.19 bits per heavy atom. The van der Waals surface area contributed by atoms with E-state index < -0.39 is 11.9 Å². The third-order valence-electron chi connectivity index (χ3n) is 4.45. The summed E-state index contributed by atoms with van der Waals surface area (Å²) in [5.41, 5.74) is 2.09. The maximum absolute atomic E-state index is 12.2. The first-order chi connectivity index (χ1) is 12.6. The number of carbonyl (C=O) groups excluding carboxylic acids is 1. The molecule has 1 heterocycles. The molecule has 6 nitrogen and oxygen atoms in total. The van der Waals surface area contributed by atoms with E-state index in [4.69, 9.17) is 0 Å². The lowest BCUT2D eigenvalue weighted by atomic mass is 9.95. The van der Waals surface area contributed by atoms with Crippen molar-refractivity contribution in [1.29, 1.82) is 0 Å². The van der Waals surface area contributed by atoms with Crippen molar-refractivity contribution in [2.24, 2.45) is 5.92 Å². The average molecular weight is 351 g/mol. The molecule has 134 valence electrons. The van der Waals surface area contributed by atoms with Gasteiger partial charge in [-0.15, -0.1) is 0 Å². The molecule has 0 aliphatic carbocycles. The summed E-state index contributed by atoms with van der Waals surface area (Å²) in [4.78, 5) is 23.8. The van der Waals surface area contributed by atoms with E-state index in [9.17, 15) is 14.7 Å². The molecule has 0 fully saturated rings. The number of carboxylic acid groups (broad SMARTS) is 1. The number of aryl methyl sites for hydroxylation is 1. The number of fused-ring (bicyclic) bond motifs is 1. The highest BCUT2D eigenvalue weighted by Crippen LogP contribution is 2.21. The second-order valence-corrected chi connectivity index (χ2v) is 6.22. The van der Waals surface area contributed by atoms with Crippen molar-refractivity contribution in [1.82, 2.24) is 15.5 Å². The zero-order chi connectivity index (χ0) is 18.5. The van der Waals surface area contributed by atoms with Gasteiger partial charge < -0.3 is 10.4 Å². The maximum atomic E-state index is 12.2. The van der Waals surface area contributed by atoms with Crippen molar-refractivity contribution in [2.75, 3.05) is 6.54 Å². The van der Waals surface area contributed by atoms with Gasteiger partial charge in [-0.2, -0.15) is 5.10 Å². The number of aliphatic carboxylic acids is 1. The molecule has 2 aromatic carbocycles. The topological polar surface area (TPSA) is 95.1 Å². The summed E-state index contributed by atoms with van der Waals surface area (Å²) < 4.78 is 0. The molecular weight excluding hydrogens is 330 g/mol. The lowest BCUT2D eigenvalue weighted by molar-refractivity contribution is -0.141. The fourth-order valence-electron chi connectivity index (χ4n) is 2.95. The fraction of sp³-hybridized carbons (Fsp3) is 0.250. The van der Waals surface area contributed by atoms with Crippen LogP contribution in [-0.4, -0.2) is 33.7 Å². The Kier molecular flexibility index (Phi) is 5.31. The fourth-order valence-corrected chi connectivity index (χ4v) is 2.95. The summed E-state index contributed by atoms with van der Waals surface area (Å²) in [6, 6.07) is 15.4. The van der Waals surface area contributed by atoms with Gasteiger partial charge in [-0.25, -0.2) is 0 Å². The van der Waals surface area contributed by atoms with E-state index in [1.165, 1.54) is 0 Å². The molecule has 1 unspecified atom stereocenters. The number of aromatic amines is 1. The zero-order valence-corrected chi connectivity index (χ0v) is 14.5. The number of hydrogen-bond donors (Lipinski definition) is 3. The zero-order valence-electron chi connectivity index (χ0n) is 14.5. The SMILES string of the molecule is CCc1cc(C(=O)NCC(Cc2cccc3ccccc23)C(=O)O)n[nH]1. The first-order valence-corrected chi connectivity index (χ1v) is 8.60. The van der Waals surface area contributed by atoms with Gasteiger partial charge in [0, 0.05) is 12.2 Å². The molecule has 1 aromatic heterocycles. The van der Waals surface area contributed by atoms with Gasteiger partial charge in [0.25, 0.3) is 5.91 Å². The van der Waals surface area contributed by atoms with Gasteiger partial charge in [0.05, 0.1) is 5.92 Å². The lowest BCUT2D eigenvalue weighted by Crippen LogP contribution is -2.34. The average Bonchev–Trinajstić information content (AvgIpc) is 3.14. The number of benzene rings is 2. The minimum absolute atomic E-state index is 0.0473. The van der Waals surface area contributed by atoms with Crippen LogP contribution in [0.2, 0.25) is 0 Å². The summed E-state index contributed by atoms with van der Waals surface area (Å²) in [6.45, 7) is 2.01. The summed E-state index contributed by atoms with van der Waals surface area (Å²) >= 11 is 0. The molecule has 0 aliphatic heterocycles. The van der Waals surface area contributed by atoms with Crippen LogP contribution in [-0.2, 0) is 17.6 Å². The third-order valence-corrected chi connectivity index (χ3v) is 4.45. The predicted molar refractivity (Wildman–Crippen MR) is 99.1 cm³/mol. The van der Waals surface area contributed by atoms with E-state index in [0.29, 0.717) is 6.42 Å². The number of hydrogen-bond acceptors (Lipinski definition) is 3. The highest BCUT2D eigenvalue weighted by Gasteiger charge is 2.21. The van der Waals surface area contributed by atoms with Crippen LogP contribution in [0.1, 0.15) is 28.7 Å². The standard InChI is InChI=1S/C20H21N3O3/c1-2-16-11-18(23-22-16)19(24)21-12-15(20(25)26)10-14-8-5-7-13-6-3-4-9-17(13)14/h3-9,11,15H,2,10,12H2,1H3,(H,21,24)(H,22,23)(H,25,26). The van der Waals surface area contributed by atoms with Gasteiger partial charge in [-0.05, 0) is 35.2 Å². The maximum Gasteiger partial charge on any atom is 0.308 e. The van der Waals surface area contributed by atoms with Crippen molar-refractivity contribution < 1.29 is 14.7 Å². The molecule has 3 N–H and O–H groups in total. The largest absolute Gasteiger partial charge is 0.481 e. The number of nitrogens with zero attached hydrogens (tertiary/aromatic N) is 1. The summed E-state index contributed by atoms with van der Waals surface area (Å²) in [5, 5.41) is 21.1. The predicted octanol–water partition coefficient (Wildman–Crippen LogP) is 2.80. The van der Waals surface area contributed by atoms with Gasteiger partial charge in [-0.1, -0.05) is 49.4 Å². The molecule has 1 amide bonds. The van der Waals surface area contributed by atoms with Crippen LogP contribution in [0.15, 0.2) is 48.5 Å². The van der Waals surface area contributed by atoms with Crippen LogP contribution in [0.3, 0.4) is 0 Å². The molecule has 0 saturated carbocycles. The molecule has 0 spiro atoms. The Balaban J connectivity index is 1.71. The molecule has 0 bridgehead atoms. The van der Waals surface area contributed by atoms with E-state index in [2.05, 4.69) is 15.5 Å². The van der Waals surface area contributed by atoms with Crippen LogP contribution in [0.4, 0.5) is 0 Å². The molecule has 3 rings (SSSR count). The van der Waals surface area contributed by atoms with Crippen molar-refractivity contribution in [3.05, 3.63) is 65.5 Å². The molecule has 0 saturated heterocycles. The first-order valence-electron chi connectivity index (χ1n) is 8.60. The number of carbonyl (C=O) groups is 2. The molecule has 0 radical (unpaired) electrons. The number of carboxylic acids is 1. The van der Waals surface area contributed by atoms with Crippen LogP contribution in [0, 0.1) is 5.92 Å². The quantitative estimate of drug-likeness (QED) is 0.610. The van der Waals surface area contributed by atoms with E-state index in [1.807, 2.05) is 49.4 Å². The third kappa shape index (κ3) is 3.91. The van der Waals surface area contributed by atoms with Gasteiger partial charge in [0.2, 0.25) is 0 Å². The Labute approximate surface area is 151 Å². The van der Waals surface area contributed by atoms with Crippen LogP contribution < -0.4 is 5.32 Å². The Hall–Kier alpha value is -3.15. The first kappa shape index (κ1) is 17.7. The number of nitrogens with one attached hydrogen (secondary N) is 2. The summed E-state index contributed by atoms with van der Waals surface area (Å²) in [5.74, 6) is -2.02. The Morgan fingerprint density at radius 3 is 2.69 bits per heavy atom. The molecular formula is C20H21N3O3. The van der Waals surface area contributed by atoms with Gasteiger partial charge in [0.15, 0.2) is 0 Å². The number of rotatable bonds is 7. The summed E-state index contributed by atoms with van der Waals surface area (Å²) in [6.07, 6.45) is 1.09. The van der Waals surface area contributed by atoms with E-state index >= 15 is 0 Å². The van der Waals surface area contributed by atoms with Crippen molar-refractivity contribution in [2.45, 2.75) is 19.8 Å². The number of aromatic nitrogens is 2. The number of amides is 1. The molecule has 0 aliphatic rings. The Bertz CT molecular complexity index is 927. The summed E-state index contributed by atoms with van der Waals surface area (Å²) in [7, 11) is 0. The highest BCUT2D eigenvalue weighted by atomic mass is 16.4. The van der Waals surface area contributed by atoms with Crippen molar-refractivity contribution in [3.63, 3.8) is 0 Å². The van der Waals surface area contributed by atoms with Gasteiger partial charge in [-0.3, -0.25) is 14.7 Å². The van der Waals surface area contributed by atoms with E-state index in [1.54, 1.807) is 6.07 Å². The van der Waals surface area contributed by atoms with E-state index in [-0.39, 0.29) is 18.1 Å². The molecule has 1 atom stereocenters. The van der Waals surface area contributed by atoms with Crippen LogP contribution in [0.25, 0.3) is 10.8 Å². The molecule has 6 heteroatoms. The van der Waals surface area contributed by atoms with Crippen molar-refractivity contribution in [3.8, 4) is 0 Å². The van der Waals surface area contributed by atoms with Gasteiger partial charge >= 0.3 is 5.97 Å². The normalized spacial score (nSPS) is 12.0. The lowest BCUT2D eigenvalue weighted by Gasteiger charge is -2.14. The number of H-pyrrole nitrogens is 1. The molecule has 3 aromatic rings. The van der Waals surface area contributed by atoms with Crippen LogP contribution in [0.5, 0.6) is 0 Å². The second kappa shape index (κ2) is 7.82. The highest BCUT2D eigenvalue weighted by molar-refractivity contribution is 5.92. The minimum Gasteiger partial charge on any atom is -0.481 e. The minimum atomic E-state index is -0.936. The second-order valence-electron chi connectivity index (χ2n) is 6.22. The van der Waals surface area contributed by atoms with E-state index in [0.717, 1.165) is 28.5 Å². The van der Waals surface area contributed by atoms with Gasteiger partial charge in [0.1, 0.15) is 5.69 Å².